The summed E-state index contributed by atoms with van der Waals surface area (Å²) in [6, 6.07) is 11.9. The molecule has 2 heteroatoms. The number of likely N-dealkylation sites (tertiary alicyclic amines) is 1. The fraction of sp³-hybridized carbons (Fsp3) is 0.625. The van der Waals surface area contributed by atoms with Gasteiger partial charge in [0.25, 0.3) is 0 Å². The molecule has 1 aromatic rings. The molecule has 0 radical (unpaired) electrons. The van der Waals surface area contributed by atoms with Crippen molar-refractivity contribution >= 4 is 0 Å². The summed E-state index contributed by atoms with van der Waals surface area (Å²) in [5, 5.41) is 0. The maximum atomic E-state index is 4.12. The average Bonchev–Trinajstić information content (AvgIpc) is 2.37. The smallest absolute Gasteiger partial charge is 0.0852 e. The molecule has 0 saturated carbocycles. The summed E-state index contributed by atoms with van der Waals surface area (Å²) in [5.41, 5.74) is 6.00. The quantitative estimate of drug-likeness (QED) is 0.781. The Morgan fingerprint density at radius 3 is 2.56 bits per heavy atom. The van der Waals surface area contributed by atoms with Crippen molar-refractivity contribution in [3.05, 3.63) is 35.9 Å². The highest BCUT2D eigenvalue weighted by atomic mass is 15.1. The zero-order chi connectivity index (χ0) is 13.2. The molecule has 1 unspecified atom stereocenters. The molecule has 1 fully saturated rings. The van der Waals surface area contributed by atoms with E-state index in [-0.39, 0.29) is 0 Å². The Hall–Kier alpha value is -0.860. The van der Waals surface area contributed by atoms with Gasteiger partial charge in [0, 0.05) is 24.2 Å². The molecule has 0 bridgehead atoms. The van der Waals surface area contributed by atoms with E-state index in [4.69, 9.17) is 0 Å². The monoisotopic (exact) mass is 248 g/mol. The third-order valence-electron chi connectivity index (χ3n) is 5.05. The number of hydrogen-bond acceptors (Lipinski definition) is 0. The fourth-order valence-electron chi connectivity index (χ4n) is 3.78. The maximum Gasteiger partial charge on any atom is 0.0852 e. The van der Waals surface area contributed by atoms with Crippen LogP contribution in [0, 0.1) is 5.92 Å². The van der Waals surface area contributed by atoms with Crippen LogP contribution in [0.25, 0.3) is 0 Å². The van der Waals surface area contributed by atoms with E-state index in [1.54, 1.807) is 4.90 Å². The normalized spacial score (nSPS) is 36.6. The molecule has 1 heterocycles. The van der Waals surface area contributed by atoms with E-state index in [0.29, 0.717) is 5.41 Å². The zero-order valence-electron chi connectivity index (χ0n) is 12.1. The number of quaternary nitrogens is 2. The predicted molar refractivity (Wildman–Crippen MR) is 75.5 cm³/mol. The summed E-state index contributed by atoms with van der Waals surface area (Å²) in [7, 11) is 2.33. The Labute approximate surface area is 111 Å². The lowest BCUT2D eigenvalue weighted by molar-refractivity contribution is -0.915. The average molecular weight is 248 g/mol. The van der Waals surface area contributed by atoms with E-state index in [2.05, 4.69) is 57.0 Å². The first-order valence-electron chi connectivity index (χ1n) is 7.27. The van der Waals surface area contributed by atoms with E-state index >= 15 is 0 Å². The van der Waals surface area contributed by atoms with Gasteiger partial charge in [0.1, 0.15) is 0 Å². The van der Waals surface area contributed by atoms with Gasteiger partial charge < -0.3 is 10.6 Å². The minimum atomic E-state index is 0.349. The van der Waals surface area contributed by atoms with Crippen molar-refractivity contribution < 1.29 is 10.6 Å². The molecule has 1 aliphatic rings. The second-order valence-electron chi connectivity index (χ2n) is 6.18. The molecule has 4 N–H and O–H groups in total. The van der Waals surface area contributed by atoms with E-state index in [1.165, 1.54) is 24.9 Å². The van der Waals surface area contributed by atoms with Gasteiger partial charge in [-0.15, -0.1) is 0 Å². The highest BCUT2D eigenvalue weighted by molar-refractivity contribution is 5.27. The molecule has 2 nitrogen and oxygen atoms in total. The van der Waals surface area contributed by atoms with Crippen LogP contribution in [0.15, 0.2) is 30.3 Å². The van der Waals surface area contributed by atoms with Crippen LogP contribution in [0.3, 0.4) is 0 Å². The summed E-state index contributed by atoms with van der Waals surface area (Å²) >= 11 is 0. The minimum absolute atomic E-state index is 0.349. The van der Waals surface area contributed by atoms with Gasteiger partial charge in [-0.05, 0) is 12.5 Å². The van der Waals surface area contributed by atoms with Crippen LogP contribution in [-0.4, -0.2) is 26.2 Å². The molecule has 0 aliphatic carbocycles. The third kappa shape index (κ3) is 2.32. The zero-order valence-corrected chi connectivity index (χ0v) is 12.1. The molecule has 0 aromatic heterocycles. The van der Waals surface area contributed by atoms with Crippen LogP contribution in [0.2, 0.25) is 0 Å². The van der Waals surface area contributed by atoms with Crippen LogP contribution in [0.5, 0.6) is 0 Å². The van der Waals surface area contributed by atoms with Gasteiger partial charge in [-0.1, -0.05) is 37.3 Å². The van der Waals surface area contributed by atoms with E-state index in [1.807, 2.05) is 0 Å². The van der Waals surface area contributed by atoms with Crippen LogP contribution < -0.4 is 10.6 Å². The van der Waals surface area contributed by atoms with Crippen molar-refractivity contribution in [1.29, 1.82) is 0 Å². The molecule has 0 amide bonds. The van der Waals surface area contributed by atoms with Crippen molar-refractivity contribution in [3.8, 4) is 0 Å². The molecular weight excluding hydrogens is 220 g/mol. The van der Waals surface area contributed by atoms with Gasteiger partial charge >= 0.3 is 0 Å². The second kappa shape index (κ2) is 5.41. The van der Waals surface area contributed by atoms with Gasteiger partial charge in [0.15, 0.2) is 0 Å². The lowest BCUT2D eigenvalue weighted by Gasteiger charge is -2.47. The topological polar surface area (TPSA) is 32.1 Å². The highest BCUT2D eigenvalue weighted by Crippen LogP contribution is 2.40. The van der Waals surface area contributed by atoms with E-state index in [0.717, 1.165) is 18.5 Å². The van der Waals surface area contributed by atoms with Gasteiger partial charge in [0.05, 0.1) is 26.2 Å². The Balaban J connectivity index is 2.37. The van der Waals surface area contributed by atoms with Crippen molar-refractivity contribution in [2.24, 2.45) is 5.92 Å². The number of nitrogens with one attached hydrogen (secondary N) is 1. The predicted octanol–water partition coefficient (Wildman–Crippen LogP) is 0.499. The van der Waals surface area contributed by atoms with Crippen molar-refractivity contribution in [1.82, 2.24) is 0 Å². The molecular formula is C16H28N2+2. The molecule has 0 spiro atoms. The number of benzene rings is 1. The third-order valence-corrected chi connectivity index (χ3v) is 5.05. The summed E-state index contributed by atoms with van der Waals surface area (Å²) in [5.74, 6) is 0.734. The lowest BCUT2D eigenvalue weighted by Crippen LogP contribution is -3.15. The summed E-state index contributed by atoms with van der Waals surface area (Å²) in [6.45, 7) is 7.13. The minimum Gasteiger partial charge on any atom is -0.358 e. The van der Waals surface area contributed by atoms with Crippen LogP contribution in [0.4, 0.5) is 0 Å². The Morgan fingerprint density at radius 2 is 1.94 bits per heavy atom. The van der Waals surface area contributed by atoms with Gasteiger partial charge in [-0.25, -0.2) is 0 Å². The van der Waals surface area contributed by atoms with Crippen LogP contribution in [-0.2, 0) is 5.41 Å². The number of hydrogen-bond donors (Lipinski definition) is 2. The van der Waals surface area contributed by atoms with E-state index in [9.17, 15) is 0 Å². The SMILES string of the molecule is C[C@@H]1C[C@@](CC[NH3+])(c2ccccc2)[C@H](C)C[NH+]1C. The number of piperidine rings is 1. The number of rotatable bonds is 3. The Kier molecular flexibility index (Phi) is 4.08. The summed E-state index contributed by atoms with van der Waals surface area (Å²) < 4.78 is 0. The van der Waals surface area contributed by atoms with Gasteiger partial charge in [-0.3, -0.25) is 0 Å². The fourth-order valence-corrected chi connectivity index (χ4v) is 3.78. The molecule has 1 saturated heterocycles. The molecule has 18 heavy (non-hydrogen) atoms. The second-order valence-corrected chi connectivity index (χ2v) is 6.18. The summed E-state index contributed by atoms with van der Waals surface area (Å²) in [4.78, 5) is 1.68. The van der Waals surface area contributed by atoms with Crippen molar-refractivity contribution in [2.75, 3.05) is 20.1 Å². The summed E-state index contributed by atoms with van der Waals surface area (Å²) in [6.07, 6.45) is 2.51. The van der Waals surface area contributed by atoms with Crippen LogP contribution >= 0.6 is 0 Å². The molecule has 1 aliphatic heterocycles. The van der Waals surface area contributed by atoms with Crippen molar-refractivity contribution in [2.45, 2.75) is 38.1 Å². The van der Waals surface area contributed by atoms with Crippen molar-refractivity contribution in [3.63, 3.8) is 0 Å². The van der Waals surface area contributed by atoms with Gasteiger partial charge in [-0.2, -0.15) is 0 Å². The maximum absolute atomic E-state index is 4.12. The molecule has 100 valence electrons. The first kappa shape index (κ1) is 13.6. The Morgan fingerprint density at radius 1 is 1.28 bits per heavy atom. The standard InChI is InChI=1S/C16H26N2/c1-13-12-18(3)14(2)11-16(13,9-10-17)15-7-5-4-6-8-15/h4-8,13-14H,9-12,17H2,1-3H3/p+2/t13-,14-,16-/m1/s1. The van der Waals surface area contributed by atoms with Gasteiger partial charge in [0.2, 0.25) is 0 Å². The molecule has 4 atom stereocenters. The molecule has 1 aromatic carbocycles. The van der Waals surface area contributed by atoms with E-state index < -0.39 is 0 Å². The first-order valence-corrected chi connectivity index (χ1v) is 7.27. The molecule has 2 rings (SSSR count). The van der Waals surface area contributed by atoms with Crippen LogP contribution in [0.1, 0.15) is 32.3 Å². The first-order chi connectivity index (χ1) is 8.60. The Bertz CT molecular complexity index is 376. The largest absolute Gasteiger partial charge is 0.358 e. The highest BCUT2D eigenvalue weighted by Gasteiger charge is 2.45. The lowest BCUT2D eigenvalue weighted by atomic mass is 9.63.